The fourth-order valence-corrected chi connectivity index (χ4v) is 4.22. The Kier molecular flexibility index (Phi) is 6.26. The van der Waals surface area contributed by atoms with Gasteiger partial charge in [0.05, 0.1) is 12.2 Å². The third kappa shape index (κ3) is 4.02. The molecule has 22 heavy (non-hydrogen) atoms. The summed E-state index contributed by atoms with van der Waals surface area (Å²) in [5, 5.41) is 3.51. The lowest BCUT2D eigenvalue weighted by Gasteiger charge is -2.18. The van der Waals surface area contributed by atoms with Crippen molar-refractivity contribution in [1.29, 1.82) is 0 Å². The lowest BCUT2D eigenvalue weighted by molar-refractivity contribution is -0.116. The van der Waals surface area contributed by atoms with Crippen LogP contribution in [0.25, 0.3) is 0 Å². The Balaban J connectivity index is 2.27. The zero-order valence-electron chi connectivity index (χ0n) is 13.0. The molecule has 1 amide bonds. The highest BCUT2D eigenvalue weighted by Crippen LogP contribution is 2.40. The number of hydrogen-bond donors (Lipinski definition) is 1. The van der Waals surface area contributed by atoms with Gasteiger partial charge in [-0.25, -0.2) is 4.79 Å². The fourth-order valence-electron chi connectivity index (χ4n) is 2.67. The van der Waals surface area contributed by atoms with Crippen molar-refractivity contribution in [2.45, 2.75) is 46.0 Å². The van der Waals surface area contributed by atoms with Gasteiger partial charge in [-0.15, -0.1) is 22.9 Å². The van der Waals surface area contributed by atoms with E-state index in [4.69, 9.17) is 16.3 Å². The summed E-state index contributed by atoms with van der Waals surface area (Å²) in [7, 11) is 0. The Morgan fingerprint density at radius 1 is 1.45 bits per heavy atom. The zero-order chi connectivity index (χ0) is 16.1. The monoisotopic (exact) mass is 343 g/mol. The van der Waals surface area contributed by atoms with Crippen molar-refractivity contribution < 1.29 is 14.3 Å². The second kappa shape index (κ2) is 7.97. The van der Waals surface area contributed by atoms with E-state index in [0.717, 1.165) is 24.8 Å². The molecule has 0 fully saturated rings. The molecule has 0 saturated heterocycles. The van der Waals surface area contributed by atoms with E-state index in [2.05, 4.69) is 12.2 Å². The van der Waals surface area contributed by atoms with E-state index in [0.29, 0.717) is 41.8 Å². The van der Waals surface area contributed by atoms with Crippen LogP contribution in [0.3, 0.4) is 0 Å². The van der Waals surface area contributed by atoms with E-state index in [1.165, 1.54) is 16.2 Å². The number of thiophene rings is 1. The molecular weight excluding hydrogens is 322 g/mol. The lowest BCUT2D eigenvalue weighted by Crippen LogP contribution is -2.16. The van der Waals surface area contributed by atoms with E-state index in [-0.39, 0.29) is 11.9 Å². The van der Waals surface area contributed by atoms with Crippen LogP contribution in [0.5, 0.6) is 0 Å². The smallest absolute Gasteiger partial charge is 0.341 e. The number of hydrogen-bond acceptors (Lipinski definition) is 4. The number of ether oxygens (including phenoxy) is 1. The largest absolute Gasteiger partial charge is 0.462 e. The molecule has 1 unspecified atom stereocenters. The molecule has 0 spiro atoms. The second-order valence-electron chi connectivity index (χ2n) is 5.62. The second-order valence-corrected chi connectivity index (χ2v) is 7.10. The summed E-state index contributed by atoms with van der Waals surface area (Å²) < 4.78 is 5.18. The van der Waals surface area contributed by atoms with Crippen molar-refractivity contribution in [3.8, 4) is 0 Å². The van der Waals surface area contributed by atoms with Crippen LogP contribution in [0.2, 0.25) is 0 Å². The lowest BCUT2D eigenvalue weighted by atomic mass is 9.88. The average molecular weight is 344 g/mol. The summed E-state index contributed by atoms with van der Waals surface area (Å²) in [4.78, 5) is 25.5. The summed E-state index contributed by atoms with van der Waals surface area (Å²) in [5.41, 5.74) is 1.63. The van der Waals surface area contributed by atoms with Crippen LogP contribution >= 0.6 is 22.9 Å². The molecule has 0 radical (unpaired) electrons. The number of alkyl halides is 1. The van der Waals surface area contributed by atoms with Crippen molar-refractivity contribution >= 4 is 39.8 Å². The molecule has 1 aliphatic carbocycles. The van der Waals surface area contributed by atoms with Crippen LogP contribution in [-0.2, 0) is 22.4 Å². The van der Waals surface area contributed by atoms with Gasteiger partial charge < -0.3 is 10.1 Å². The molecule has 1 aliphatic rings. The highest BCUT2D eigenvalue weighted by molar-refractivity contribution is 7.17. The molecule has 1 atom stereocenters. The number of nitrogens with one attached hydrogen (secondary N) is 1. The molecule has 2 rings (SSSR count). The third-order valence-corrected chi connectivity index (χ3v) is 5.22. The van der Waals surface area contributed by atoms with Crippen molar-refractivity contribution in [3.63, 3.8) is 0 Å². The van der Waals surface area contributed by atoms with Crippen molar-refractivity contribution in [2.75, 3.05) is 17.8 Å². The SMILES string of the molecule is CCOC(=O)c1c(NC(=O)CCCCl)sc2c1CCC(C)C2. The van der Waals surface area contributed by atoms with E-state index < -0.39 is 0 Å². The summed E-state index contributed by atoms with van der Waals surface area (Å²) in [6.07, 6.45) is 3.90. The molecule has 1 N–H and O–H groups in total. The van der Waals surface area contributed by atoms with Gasteiger partial charge in [-0.3, -0.25) is 4.79 Å². The first kappa shape index (κ1) is 17.3. The van der Waals surface area contributed by atoms with Gasteiger partial charge in [0.15, 0.2) is 0 Å². The van der Waals surface area contributed by atoms with Gasteiger partial charge in [0, 0.05) is 17.2 Å². The summed E-state index contributed by atoms with van der Waals surface area (Å²) in [6, 6.07) is 0. The Bertz CT molecular complexity index is 556. The quantitative estimate of drug-likeness (QED) is 0.627. The maximum Gasteiger partial charge on any atom is 0.341 e. The standard InChI is InChI=1S/C16H22ClNO3S/c1-3-21-16(20)14-11-7-6-10(2)9-12(11)22-15(14)18-13(19)5-4-8-17/h10H,3-9H2,1-2H3,(H,18,19). The van der Waals surface area contributed by atoms with E-state index in [9.17, 15) is 9.59 Å². The minimum Gasteiger partial charge on any atom is -0.462 e. The molecule has 0 aromatic carbocycles. The van der Waals surface area contributed by atoms with E-state index in [1.807, 2.05) is 0 Å². The van der Waals surface area contributed by atoms with Gasteiger partial charge in [0.25, 0.3) is 0 Å². The van der Waals surface area contributed by atoms with Crippen LogP contribution in [0.15, 0.2) is 0 Å². The zero-order valence-corrected chi connectivity index (χ0v) is 14.6. The summed E-state index contributed by atoms with van der Waals surface area (Å²) in [6.45, 7) is 4.34. The number of anilines is 1. The minimum absolute atomic E-state index is 0.0992. The highest BCUT2D eigenvalue weighted by atomic mass is 35.5. The summed E-state index contributed by atoms with van der Waals surface area (Å²) in [5.74, 6) is 0.636. The van der Waals surface area contributed by atoms with E-state index >= 15 is 0 Å². The number of halogens is 1. The van der Waals surface area contributed by atoms with Crippen molar-refractivity contribution in [2.24, 2.45) is 5.92 Å². The minimum atomic E-state index is -0.331. The molecule has 0 aliphatic heterocycles. The predicted molar refractivity (Wildman–Crippen MR) is 90.0 cm³/mol. The maximum absolute atomic E-state index is 12.3. The fraction of sp³-hybridized carbons (Fsp3) is 0.625. The number of esters is 1. The van der Waals surface area contributed by atoms with Crippen LogP contribution < -0.4 is 5.32 Å². The average Bonchev–Trinajstić information content (AvgIpc) is 2.82. The molecule has 1 aromatic heterocycles. The van der Waals surface area contributed by atoms with Crippen LogP contribution in [0.4, 0.5) is 5.00 Å². The van der Waals surface area contributed by atoms with Gasteiger partial charge >= 0.3 is 5.97 Å². The van der Waals surface area contributed by atoms with Gasteiger partial charge in [-0.2, -0.15) is 0 Å². The van der Waals surface area contributed by atoms with E-state index in [1.54, 1.807) is 6.92 Å². The molecule has 4 nitrogen and oxygen atoms in total. The first-order valence-corrected chi connectivity index (χ1v) is 9.09. The number of amides is 1. The van der Waals surface area contributed by atoms with Gasteiger partial charge in [-0.1, -0.05) is 6.92 Å². The predicted octanol–water partition coefficient (Wildman–Crippen LogP) is 4.01. The Labute approximate surface area is 140 Å². The van der Waals surface area contributed by atoms with Crippen molar-refractivity contribution in [3.05, 3.63) is 16.0 Å². The van der Waals surface area contributed by atoms with Crippen LogP contribution in [-0.4, -0.2) is 24.4 Å². The van der Waals surface area contributed by atoms with Gasteiger partial charge in [-0.05, 0) is 44.1 Å². The molecule has 0 bridgehead atoms. The molecule has 1 aromatic rings. The molecule has 1 heterocycles. The van der Waals surface area contributed by atoms with Gasteiger partial charge in [0.1, 0.15) is 5.00 Å². The third-order valence-electron chi connectivity index (χ3n) is 3.78. The topological polar surface area (TPSA) is 55.4 Å². The van der Waals surface area contributed by atoms with Crippen molar-refractivity contribution in [1.82, 2.24) is 0 Å². The number of carbonyl (C=O) groups excluding carboxylic acids is 2. The molecule has 6 heteroatoms. The normalized spacial score (nSPS) is 17.0. The number of rotatable bonds is 6. The van der Waals surface area contributed by atoms with Crippen LogP contribution in [0, 0.1) is 5.92 Å². The molecular formula is C16H22ClNO3S. The Hall–Kier alpha value is -1.07. The highest BCUT2D eigenvalue weighted by Gasteiger charge is 2.28. The Morgan fingerprint density at radius 3 is 2.91 bits per heavy atom. The van der Waals surface area contributed by atoms with Gasteiger partial charge in [0.2, 0.25) is 5.91 Å². The first-order chi connectivity index (χ1) is 10.6. The maximum atomic E-state index is 12.3. The number of carbonyl (C=O) groups is 2. The molecule has 0 saturated carbocycles. The number of fused-ring (bicyclic) bond motifs is 1. The summed E-state index contributed by atoms with van der Waals surface area (Å²) >= 11 is 7.13. The van der Waals surface area contributed by atoms with Crippen LogP contribution in [0.1, 0.15) is 53.9 Å². The first-order valence-electron chi connectivity index (χ1n) is 7.74. The molecule has 122 valence electrons. The Morgan fingerprint density at radius 2 is 2.23 bits per heavy atom.